The highest BCUT2D eigenvalue weighted by molar-refractivity contribution is 5.89. The molecule has 23 heavy (non-hydrogen) atoms. The molecular formula is C17H24N2O4. The maximum atomic E-state index is 12.0. The molecule has 1 aromatic rings. The quantitative estimate of drug-likeness (QED) is 0.686. The number of hydrogen-bond acceptors (Lipinski definition) is 3. The lowest BCUT2D eigenvalue weighted by atomic mass is 9.99. The first-order chi connectivity index (χ1) is 10.8. The number of carbonyl (C=O) groups excluding carboxylic acids is 1. The fourth-order valence-corrected chi connectivity index (χ4v) is 2.08. The molecule has 1 aliphatic carbocycles. The summed E-state index contributed by atoms with van der Waals surface area (Å²) in [5.74, 6) is 0.623. The molecule has 6 nitrogen and oxygen atoms in total. The number of carboxylic acid groups (broad SMARTS) is 1. The van der Waals surface area contributed by atoms with Gasteiger partial charge in [0, 0.05) is 17.6 Å². The predicted molar refractivity (Wildman–Crippen MR) is 87.8 cm³/mol. The molecule has 126 valence electrons. The molecule has 0 heterocycles. The SMILES string of the molecule is CC(C)(CCC(=O)O)NC(=O)Nc1ccc(OCC2CC2)cc1. The molecule has 0 unspecified atom stereocenters. The highest BCUT2D eigenvalue weighted by Crippen LogP contribution is 2.29. The number of urea groups is 1. The number of nitrogens with one attached hydrogen (secondary N) is 2. The number of amides is 2. The molecule has 0 spiro atoms. The van der Waals surface area contributed by atoms with E-state index in [1.165, 1.54) is 12.8 Å². The van der Waals surface area contributed by atoms with Crippen molar-refractivity contribution in [2.45, 2.75) is 45.1 Å². The average molecular weight is 320 g/mol. The molecular weight excluding hydrogens is 296 g/mol. The second kappa shape index (κ2) is 7.35. The third-order valence-corrected chi connectivity index (χ3v) is 3.71. The minimum Gasteiger partial charge on any atom is -0.493 e. The number of aliphatic carboxylic acids is 1. The van der Waals surface area contributed by atoms with Crippen molar-refractivity contribution in [1.29, 1.82) is 0 Å². The molecule has 3 N–H and O–H groups in total. The Hall–Kier alpha value is -2.24. The molecule has 0 aliphatic heterocycles. The maximum Gasteiger partial charge on any atom is 0.319 e. The highest BCUT2D eigenvalue weighted by Gasteiger charge is 2.22. The lowest BCUT2D eigenvalue weighted by Gasteiger charge is -2.25. The molecule has 1 fully saturated rings. The Morgan fingerprint density at radius 2 is 1.91 bits per heavy atom. The van der Waals surface area contributed by atoms with E-state index in [0.29, 0.717) is 18.0 Å². The lowest BCUT2D eigenvalue weighted by Crippen LogP contribution is -2.45. The van der Waals surface area contributed by atoms with E-state index in [9.17, 15) is 9.59 Å². The highest BCUT2D eigenvalue weighted by atomic mass is 16.5. The van der Waals surface area contributed by atoms with Gasteiger partial charge in [0.15, 0.2) is 0 Å². The molecule has 0 saturated heterocycles. The van der Waals surface area contributed by atoms with Crippen LogP contribution in [0.15, 0.2) is 24.3 Å². The average Bonchev–Trinajstić information content (AvgIpc) is 3.28. The number of rotatable bonds is 8. The van der Waals surface area contributed by atoms with Gasteiger partial charge in [-0.15, -0.1) is 0 Å². The van der Waals surface area contributed by atoms with Crippen molar-refractivity contribution in [3.63, 3.8) is 0 Å². The summed E-state index contributed by atoms with van der Waals surface area (Å²) < 4.78 is 5.64. The number of ether oxygens (including phenoxy) is 1. The third kappa shape index (κ3) is 6.59. The van der Waals surface area contributed by atoms with Gasteiger partial charge in [-0.3, -0.25) is 4.79 Å². The summed E-state index contributed by atoms with van der Waals surface area (Å²) in [4.78, 5) is 22.6. The summed E-state index contributed by atoms with van der Waals surface area (Å²) >= 11 is 0. The van der Waals surface area contributed by atoms with Gasteiger partial charge in [0.05, 0.1) is 6.61 Å². The van der Waals surface area contributed by atoms with Crippen LogP contribution >= 0.6 is 0 Å². The standard InChI is InChI=1S/C17H24N2O4/c1-17(2,10-9-15(20)21)19-16(22)18-13-5-7-14(8-6-13)23-11-12-3-4-12/h5-8,12H,3-4,9-11H2,1-2H3,(H,20,21)(H2,18,19,22). The molecule has 1 aliphatic rings. The zero-order valence-electron chi connectivity index (χ0n) is 13.6. The molecule has 0 atom stereocenters. The van der Waals surface area contributed by atoms with Crippen molar-refractivity contribution in [1.82, 2.24) is 5.32 Å². The second-order valence-corrected chi connectivity index (χ2v) is 6.64. The first-order valence-corrected chi connectivity index (χ1v) is 7.88. The molecule has 0 radical (unpaired) electrons. The first-order valence-electron chi connectivity index (χ1n) is 7.88. The zero-order valence-corrected chi connectivity index (χ0v) is 13.6. The molecule has 6 heteroatoms. The van der Waals surface area contributed by atoms with E-state index in [1.54, 1.807) is 26.0 Å². The van der Waals surface area contributed by atoms with E-state index in [4.69, 9.17) is 9.84 Å². The van der Waals surface area contributed by atoms with Gasteiger partial charge in [0.25, 0.3) is 0 Å². The van der Waals surface area contributed by atoms with Crippen LogP contribution in [0.1, 0.15) is 39.5 Å². The maximum absolute atomic E-state index is 12.0. The molecule has 1 aromatic carbocycles. The Balaban J connectivity index is 1.78. The fraction of sp³-hybridized carbons (Fsp3) is 0.529. The number of carbonyl (C=O) groups is 2. The van der Waals surface area contributed by atoms with Crippen LogP contribution in [0.4, 0.5) is 10.5 Å². The Labute approximate surface area is 136 Å². The summed E-state index contributed by atoms with van der Waals surface area (Å²) in [6.45, 7) is 4.35. The van der Waals surface area contributed by atoms with Crippen molar-refractivity contribution in [2.75, 3.05) is 11.9 Å². The van der Waals surface area contributed by atoms with Gasteiger partial charge in [0.1, 0.15) is 5.75 Å². The summed E-state index contributed by atoms with van der Waals surface area (Å²) in [6.07, 6.45) is 2.87. The van der Waals surface area contributed by atoms with Crippen LogP contribution in [0, 0.1) is 5.92 Å². The van der Waals surface area contributed by atoms with Gasteiger partial charge in [0.2, 0.25) is 0 Å². The van der Waals surface area contributed by atoms with E-state index in [-0.39, 0.29) is 12.5 Å². The normalized spacial score (nSPS) is 14.2. The van der Waals surface area contributed by atoms with Crippen LogP contribution in [-0.2, 0) is 4.79 Å². The van der Waals surface area contributed by atoms with Crippen LogP contribution in [0.2, 0.25) is 0 Å². The van der Waals surface area contributed by atoms with Crippen LogP contribution in [-0.4, -0.2) is 29.3 Å². The van der Waals surface area contributed by atoms with Gasteiger partial charge in [-0.25, -0.2) is 4.79 Å². The fourth-order valence-electron chi connectivity index (χ4n) is 2.08. The van der Waals surface area contributed by atoms with Crippen LogP contribution in [0.3, 0.4) is 0 Å². The molecule has 2 amide bonds. The first kappa shape index (κ1) is 17.1. The van der Waals surface area contributed by atoms with Gasteiger partial charge < -0.3 is 20.5 Å². The molecule has 1 saturated carbocycles. The van der Waals surface area contributed by atoms with E-state index in [2.05, 4.69) is 10.6 Å². The van der Waals surface area contributed by atoms with Crippen molar-refractivity contribution in [3.8, 4) is 5.75 Å². The van der Waals surface area contributed by atoms with E-state index in [1.807, 2.05) is 12.1 Å². The van der Waals surface area contributed by atoms with Crippen molar-refractivity contribution in [3.05, 3.63) is 24.3 Å². The number of carboxylic acids is 1. The largest absolute Gasteiger partial charge is 0.493 e. The summed E-state index contributed by atoms with van der Waals surface area (Å²) in [7, 11) is 0. The van der Waals surface area contributed by atoms with Gasteiger partial charge in [-0.05, 0) is 63.3 Å². The number of hydrogen-bond donors (Lipinski definition) is 3. The van der Waals surface area contributed by atoms with Crippen LogP contribution in [0.25, 0.3) is 0 Å². The van der Waals surface area contributed by atoms with Gasteiger partial charge in [-0.1, -0.05) is 0 Å². The summed E-state index contributed by atoms with van der Waals surface area (Å²) in [6, 6.07) is 6.87. The van der Waals surface area contributed by atoms with E-state index >= 15 is 0 Å². The van der Waals surface area contributed by atoms with Crippen molar-refractivity contribution in [2.24, 2.45) is 5.92 Å². The zero-order chi connectivity index (χ0) is 16.9. The number of benzene rings is 1. The number of anilines is 1. The second-order valence-electron chi connectivity index (χ2n) is 6.64. The Morgan fingerprint density at radius 3 is 2.48 bits per heavy atom. The van der Waals surface area contributed by atoms with Gasteiger partial charge in [-0.2, -0.15) is 0 Å². The van der Waals surface area contributed by atoms with Crippen molar-refractivity contribution >= 4 is 17.7 Å². The minimum atomic E-state index is -0.873. The van der Waals surface area contributed by atoms with E-state index < -0.39 is 11.5 Å². The Kier molecular flexibility index (Phi) is 5.47. The van der Waals surface area contributed by atoms with Crippen LogP contribution in [0.5, 0.6) is 5.75 Å². The monoisotopic (exact) mass is 320 g/mol. The predicted octanol–water partition coefficient (Wildman–Crippen LogP) is 3.24. The summed E-state index contributed by atoms with van der Waals surface area (Å²) in [5.41, 5.74) is 0.0748. The third-order valence-electron chi connectivity index (χ3n) is 3.71. The van der Waals surface area contributed by atoms with Crippen molar-refractivity contribution < 1.29 is 19.4 Å². The lowest BCUT2D eigenvalue weighted by molar-refractivity contribution is -0.137. The minimum absolute atomic E-state index is 0.0142. The molecule has 0 bridgehead atoms. The Morgan fingerprint density at radius 1 is 1.26 bits per heavy atom. The van der Waals surface area contributed by atoms with E-state index in [0.717, 1.165) is 12.4 Å². The van der Waals surface area contributed by atoms with Crippen LogP contribution < -0.4 is 15.4 Å². The topological polar surface area (TPSA) is 87.7 Å². The molecule has 0 aromatic heterocycles. The molecule has 2 rings (SSSR count). The van der Waals surface area contributed by atoms with Gasteiger partial charge >= 0.3 is 12.0 Å². The smallest absolute Gasteiger partial charge is 0.319 e. The summed E-state index contributed by atoms with van der Waals surface area (Å²) in [5, 5.41) is 14.2. The Bertz CT molecular complexity index is 550.